The van der Waals surface area contributed by atoms with E-state index in [1.54, 1.807) is 25.1 Å². The van der Waals surface area contributed by atoms with E-state index in [4.69, 9.17) is 52.1 Å². The number of hydrogen-bond acceptors (Lipinski definition) is 3. The normalized spacial score (nSPS) is 13.7. The van der Waals surface area contributed by atoms with Gasteiger partial charge >= 0.3 is 0 Å². The number of carbonyl (C=O) groups excluding carboxylic acids is 2. The van der Waals surface area contributed by atoms with Crippen molar-refractivity contribution in [2.45, 2.75) is 6.92 Å². The van der Waals surface area contributed by atoms with Gasteiger partial charge in [0.25, 0.3) is 11.8 Å². The van der Waals surface area contributed by atoms with Crippen molar-refractivity contribution in [3.8, 4) is 0 Å². The third kappa shape index (κ3) is 2.29. The highest BCUT2D eigenvalue weighted by Gasteiger charge is 2.42. The average Bonchev–Trinajstić information content (AvgIpc) is 2.75. The summed E-state index contributed by atoms with van der Waals surface area (Å²) in [6.45, 7) is 1.73. The molecule has 2 aromatic rings. The molecule has 2 aromatic carbocycles. The van der Waals surface area contributed by atoms with E-state index in [2.05, 4.69) is 0 Å². The molecular formula is C15H8Cl4N2O2. The number of hydrogen-bond donors (Lipinski definition) is 1. The first-order valence-electron chi connectivity index (χ1n) is 6.36. The van der Waals surface area contributed by atoms with Crippen LogP contribution in [0.3, 0.4) is 0 Å². The van der Waals surface area contributed by atoms with Crippen LogP contribution in [-0.2, 0) is 0 Å². The fraction of sp³-hybridized carbons (Fsp3) is 0.0667. The predicted molar refractivity (Wildman–Crippen MR) is 93.2 cm³/mol. The predicted octanol–water partition coefficient (Wildman–Crippen LogP) is 4.99. The molecule has 0 aromatic heterocycles. The van der Waals surface area contributed by atoms with Crippen LogP contribution in [0.2, 0.25) is 20.1 Å². The van der Waals surface area contributed by atoms with Crippen molar-refractivity contribution >= 4 is 69.6 Å². The first-order chi connectivity index (χ1) is 10.8. The topological polar surface area (TPSA) is 63.4 Å². The maximum Gasteiger partial charge on any atom is 0.267 e. The van der Waals surface area contributed by atoms with Gasteiger partial charge in [0.2, 0.25) is 0 Å². The number of rotatable bonds is 1. The van der Waals surface area contributed by atoms with Gasteiger partial charge in [0.15, 0.2) is 0 Å². The number of fused-ring (bicyclic) bond motifs is 1. The number of nitrogens with zero attached hydrogens (tertiary/aromatic N) is 1. The van der Waals surface area contributed by atoms with Crippen LogP contribution in [0, 0.1) is 6.92 Å². The molecule has 0 unspecified atom stereocenters. The van der Waals surface area contributed by atoms with Crippen molar-refractivity contribution in [1.82, 2.24) is 0 Å². The van der Waals surface area contributed by atoms with Crippen molar-refractivity contribution in [2.24, 2.45) is 0 Å². The van der Waals surface area contributed by atoms with Gasteiger partial charge in [-0.15, -0.1) is 0 Å². The van der Waals surface area contributed by atoms with E-state index in [0.29, 0.717) is 16.9 Å². The minimum Gasteiger partial charge on any atom is -0.399 e. The summed E-state index contributed by atoms with van der Waals surface area (Å²) in [6, 6.07) is 4.83. The van der Waals surface area contributed by atoms with E-state index in [1.807, 2.05) is 0 Å². The van der Waals surface area contributed by atoms with E-state index in [-0.39, 0.29) is 31.2 Å². The van der Waals surface area contributed by atoms with Gasteiger partial charge in [-0.2, -0.15) is 0 Å². The summed E-state index contributed by atoms with van der Waals surface area (Å²) in [7, 11) is 0. The molecular weight excluding hydrogens is 382 g/mol. The Balaban J connectivity index is 2.26. The zero-order valence-electron chi connectivity index (χ0n) is 11.6. The Bertz CT molecular complexity index is 849. The van der Waals surface area contributed by atoms with Gasteiger partial charge in [-0.3, -0.25) is 9.59 Å². The number of nitrogen functional groups attached to an aromatic ring is 1. The second-order valence-corrected chi connectivity index (χ2v) is 6.51. The maximum absolute atomic E-state index is 12.7. The summed E-state index contributed by atoms with van der Waals surface area (Å²) in [5.41, 5.74) is 7.17. The first kappa shape index (κ1) is 16.4. The van der Waals surface area contributed by atoms with Gasteiger partial charge in [0.1, 0.15) is 0 Å². The van der Waals surface area contributed by atoms with Gasteiger partial charge in [0.05, 0.1) is 36.9 Å². The number of anilines is 2. The minimum atomic E-state index is -0.608. The molecule has 0 bridgehead atoms. The van der Waals surface area contributed by atoms with Crippen LogP contribution in [0.15, 0.2) is 18.2 Å². The molecule has 0 fully saturated rings. The summed E-state index contributed by atoms with van der Waals surface area (Å²) in [5, 5.41) is -0.307. The molecule has 0 atom stereocenters. The van der Waals surface area contributed by atoms with E-state index in [0.717, 1.165) is 4.90 Å². The molecule has 0 radical (unpaired) electrons. The Labute approximate surface area is 151 Å². The van der Waals surface area contributed by atoms with Crippen LogP contribution in [-0.4, -0.2) is 11.8 Å². The second-order valence-electron chi connectivity index (χ2n) is 5.00. The molecule has 23 heavy (non-hydrogen) atoms. The quantitative estimate of drug-likeness (QED) is 0.323. The highest BCUT2D eigenvalue weighted by Crippen LogP contribution is 2.46. The minimum absolute atomic E-state index is 0.0488. The smallest absolute Gasteiger partial charge is 0.267 e. The van der Waals surface area contributed by atoms with Crippen LogP contribution in [0.5, 0.6) is 0 Å². The van der Waals surface area contributed by atoms with Crippen molar-refractivity contribution in [1.29, 1.82) is 0 Å². The number of benzene rings is 2. The summed E-state index contributed by atoms with van der Waals surface area (Å²) in [6.07, 6.45) is 0. The highest BCUT2D eigenvalue weighted by molar-refractivity contribution is 6.56. The fourth-order valence-corrected chi connectivity index (χ4v) is 3.51. The molecule has 4 nitrogen and oxygen atoms in total. The molecule has 0 aliphatic carbocycles. The number of amides is 2. The van der Waals surface area contributed by atoms with Crippen LogP contribution in [0.1, 0.15) is 26.3 Å². The van der Waals surface area contributed by atoms with Crippen LogP contribution in [0.4, 0.5) is 11.4 Å². The number of aryl methyl sites for hydroxylation is 1. The summed E-state index contributed by atoms with van der Waals surface area (Å²) in [4.78, 5) is 26.4. The fourth-order valence-electron chi connectivity index (χ4n) is 2.50. The zero-order valence-corrected chi connectivity index (χ0v) is 14.6. The molecule has 0 saturated carbocycles. The molecule has 118 valence electrons. The van der Waals surface area contributed by atoms with Crippen molar-refractivity contribution in [2.75, 3.05) is 10.6 Å². The summed E-state index contributed by atoms with van der Waals surface area (Å²) < 4.78 is 0. The standard InChI is InChI=1S/C15H8Cl4N2O2/c1-5-4-6(20)2-3-7(5)21-14(22)8-9(15(21)23)11(17)13(19)12(18)10(8)16/h2-4H,20H2,1H3. The molecule has 0 spiro atoms. The number of carbonyl (C=O) groups is 2. The van der Waals surface area contributed by atoms with Gasteiger partial charge in [-0.1, -0.05) is 46.4 Å². The highest BCUT2D eigenvalue weighted by atomic mass is 35.5. The Kier molecular flexibility index (Phi) is 3.97. The average molecular weight is 390 g/mol. The number of imide groups is 1. The van der Waals surface area contributed by atoms with E-state index in [9.17, 15) is 9.59 Å². The molecule has 2 amide bonds. The van der Waals surface area contributed by atoms with Gasteiger partial charge < -0.3 is 5.73 Å². The lowest BCUT2D eigenvalue weighted by molar-refractivity contribution is 0.0926. The number of halogens is 4. The molecule has 1 aliphatic rings. The lowest BCUT2D eigenvalue weighted by Gasteiger charge is -2.16. The lowest BCUT2D eigenvalue weighted by Crippen LogP contribution is -2.30. The van der Waals surface area contributed by atoms with E-state index in [1.165, 1.54) is 0 Å². The van der Waals surface area contributed by atoms with E-state index < -0.39 is 11.8 Å². The first-order valence-corrected chi connectivity index (χ1v) is 7.87. The molecule has 1 aliphatic heterocycles. The van der Waals surface area contributed by atoms with E-state index >= 15 is 0 Å². The molecule has 0 saturated heterocycles. The number of nitrogens with two attached hydrogens (primary N) is 1. The van der Waals surface area contributed by atoms with Crippen molar-refractivity contribution in [3.63, 3.8) is 0 Å². The Morgan fingerprint density at radius 1 is 0.870 bits per heavy atom. The summed E-state index contributed by atoms with van der Waals surface area (Å²) in [5.74, 6) is -1.22. The Morgan fingerprint density at radius 3 is 1.78 bits per heavy atom. The van der Waals surface area contributed by atoms with Crippen molar-refractivity contribution in [3.05, 3.63) is 55.0 Å². The Morgan fingerprint density at radius 2 is 1.35 bits per heavy atom. The third-order valence-corrected chi connectivity index (χ3v) is 5.36. The largest absolute Gasteiger partial charge is 0.399 e. The lowest BCUT2D eigenvalue weighted by atomic mass is 10.1. The molecule has 3 rings (SSSR count). The summed E-state index contributed by atoms with van der Waals surface area (Å²) >= 11 is 24.2. The SMILES string of the molecule is Cc1cc(N)ccc1N1C(=O)c2c(Cl)c(Cl)c(Cl)c(Cl)c2C1=O. The Hall–Kier alpha value is -1.46. The van der Waals surface area contributed by atoms with Gasteiger partial charge in [-0.05, 0) is 30.7 Å². The maximum atomic E-state index is 12.7. The van der Waals surface area contributed by atoms with Gasteiger partial charge in [-0.25, -0.2) is 4.90 Å². The zero-order chi connectivity index (χ0) is 17.0. The van der Waals surface area contributed by atoms with Crippen LogP contribution >= 0.6 is 46.4 Å². The second kappa shape index (κ2) is 5.56. The van der Waals surface area contributed by atoms with Crippen LogP contribution < -0.4 is 10.6 Å². The molecule has 2 N–H and O–H groups in total. The van der Waals surface area contributed by atoms with Crippen LogP contribution in [0.25, 0.3) is 0 Å². The van der Waals surface area contributed by atoms with Crippen molar-refractivity contribution < 1.29 is 9.59 Å². The third-order valence-electron chi connectivity index (χ3n) is 3.56. The monoisotopic (exact) mass is 388 g/mol. The molecule has 8 heteroatoms. The molecule has 1 heterocycles. The van der Waals surface area contributed by atoms with Gasteiger partial charge in [0, 0.05) is 5.69 Å².